The van der Waals surface area contributed by atoms with Crippen molar-refractivity contribution in [2.24, 2.45) is 0 Å². The molecule has 2 rings (SSSR count). The Morgan fingerprint density at radius 1 is 1.44 bits per heavy atom. The maximum absolute atomic E-state index is 12.2. The minimum Gasteiger partial charge on any atom is -0.315 e. The van der Waals surface area contributed by atoms with Gasteiger partial charge < -0.3 is 5.32 Å². The first-order valence-corrected chi connectivity index (χ1v) is 8.70. The quantitative estimate of drug-likeness (QED) is 0.822. The summed E-state index contributed by atoms with van der Waals surface area (Å²) in [5.41, 5.74) is 0. The summed E-state index contributed by atoms with van der Waals surface area (Å²) < 4.78 is 27.2. The van der Waals surface area contributed by atoms with E-state index in [1.807, 2.05) is 12.3 Å². The lowest BCUT2D eigenvalue weighted by atomic mass is 10.1. The minimum absolute atomic E-state index is 0.00156. The predicted octanol–water partition coefficient (Wildman–Crippen LogP) is 1.44. The van der Waals surface area contributed by atoms with Gasteiger partial charge in [-0.2, -0.15) is 0 Å². The number of hydrogen-bond acceptors (Lipinski definition) is 4. The van der Waals surface area contributed by atoms with Gasteiger partial charge in [0.1, 0.15) is 0 Å². The molecule has 0 aliphatic carbocycles. The van der Waals surface area contributed by atoms with Gasteiger partial charge in [0.15, 0.2) is 0 Å². The van der Waals surface area contributed by atoms with Gasteiger partial charge in [-0.1, -0.05) is 6.07 Å². The van der Waals surface area contributed by atoms with Gasteiger partial charge in [0.05, 0.1) is 4.90 Å². The summed E-state index contributed by atoms with van der Waals surface area (Å²) in [5.74, 6) is 0. The molecule has 4 nitrogen and oxygen atoms in total. The Balaban J connectivity index is 2.13. The van der Waals surface area contributed by atoms with Gasteiger partial charge >= 0.3 is 0 Å². The van der Waals surface area contributed by atoms with E-state index < -0.39 is 10.0 Å². The summed E-state index contributed by atoms with van der Waals surface area (Å²) in [6.45, 7) is 1.68. The predicted molar refractivity (Wildman–Crippen MR) is 74.4 cm³/mol. The van der Waals surface area contributed by atoms with Crippen LogP contribution in [0.2, 0.25) is 0 Å². The number of hydrogen-bond donors (Lipinski definition) is 2. The van der Waals surface area contributed by atoms with Crippen molar-refractivity contribution in [1.82, 2.24) is 10.0 Å². The zero-order valence-corrected chi connectivity index (χ0v) is 12.0. The van der Waals surface area contributed by atoms with Crippen LogP contribution in [0.15, 0.2) is 34.1 Å². The largest absolute Gasteiger partial charge is 0.315 e. The summed E-state index contributed by atoms with van der Waals surface area (Å²) in [4.78, 5) is 1.31. The Hall–Kier alpha value is -0.560. The van der Waals surface area contributed by atoms with E-state index >= 15 is 0 Å². The Kier molecular flexibility index (Phi) is 4.66. The Morgan fingerprint density at radius 3 is 2.94 bits per heavy atom. The van der Waals surface area contributed by atoms with Crippen LogP contribution in [0, 0.1) is 0 Å². The first kappa shape index (κ1) is 13.9. The second-order valence-corrected chi connectivity index (χ2v) is 6.94. The average Bonchev–Trinajstić information content (AvgIpc) is 2.39. The molecule has 0 radical (unpaired) electrons. The second-order valence-electron chi connectivity index (χ2n) is 4.34. The molecule has 0 saturated carbocycles. The molecule has 1 fully saturated rings. The SMILES string of the molecule is CSc1cccc(S(=O)(=O)N[C@@H]2CCCNC2)c1. The molecule has 1 aliphatic heterocycles. The van der Waals surface area contributed by atoms with Gasteiger partial charge in [-0.05, 0) is 43.8 Å². The van der Waals surface area contributed by atoms with Crippen LogP contribution < -0.4 is 10.0 Å². The van der Waals surface area contributed by atoms with Gasteiger partial charge in [-0.3, -0.25) is 0 Å². The molecule has 0 unspecified atom stereocenters. The molecule has 18 heavy (non-hydrogen) atoms. The van der Waals surface area contributed by atoms with Crippen molar-refractivity contribution < 1.29 is 8.42 Å². The molecular weight excluding hydrogens is 268 g/mol. The van der Waals surface area contributed by atoms with E-state index in [9.17, 15) is 8.42 Å². The number of nitrogens with one attached hydrogen (secondary N) is 2. The van der Waals surface area contributed by atoms with Gasteiger partial charge in [0.25, 0.3) is 0 Å². The fraction of sp³-hybridized carbons (Fsp3) is 0.500. The highest BCUT2D eigenvalue weighted by Gasteiger charge is 2.21. The van der Waals surface area contributed by atoms with Crippen molar-refractivity contribution in [3.8, 4) is 0 Å². The third kappa shape index (κ3) is 3.47. The topological polar surface area (TPSA) is 58.2 Å². The Labute approximate surface area is 113 Å². The van der Waals surface area contributed by atoms with Crippen molar-refractivity contribution in [1.29, 1.82) is 0 Å². The van der Waals surface area contributed by atoms with Gasteiger partial charge in [0.2, 0.25) is 10.0 Å². The van der Waals surface area contributed by atoms with Crippen LogP contribution in [0.4, 0.5) is 0 Å². The molecule has 1 aromatic carbocycles. The molecule has 0 aromatic heterocycles. The third-order valence-electron chi connectivity index (χ3n) is 2.97. The Morgan fingerprint density at radius 2 is 2.28 bits per heavy atom. The fourth-order valence-corrected chi connectivity index (χ4v) is 3.86. The van der Waals surface area contributed by atoms with Crippen LogP contribution in [0.25, 0.3) is 0 Å². The van der Waals surface area contributed by atoms with Crippen LogP contribution in [0.1, 0.15) is 12.8 Å². The van der Waals surface area contributed by atoms with E-state index in [1.54, 1.807) is 30.0 Å². The molecule has 0 bridgehead atoms. The summed E-state index contributed by atoms with van der Waals surface area (Å²) in [6, 6.07) is 7.04. The molecule has 100 valence electrons. The van der Waals surface area contributed by atoms with Gasteiger partial charge in [0, 0.05) is 17.5 Å². The summed E-state index contributed by atoms with van der Waals surface area (Å²) in [6.07, 6.45) is 3.84. The molecule has 1 atom stereocenters. The number of thioether (sulfide) groups is 1. The number of sulfonamides is 1. The molecule has 1 heterocycles. The zero-order chi connectivity index (χ0) is 13.0. The number of rotatable bonds is 4. The van der Waals surface area contributed by atoms with Crippen molar-refractivity contribution in [3.05, 3.63) is 24.3 Å². The second kappa shape index (κ2) is 6.06. The number of benzene rings is 1. The lowest BCUT2D eigenvalue weighted by molar-refractivity contribution is 0.428. The molecular formula is C12H18N2O2S2. The lowest BCUT2D eigenvalue weighted by Gasteiger charge is -2.23. The normalized spacial score (nSPS) is 20.8. The highest BCUT2D eigenvalue weighted by molar-refractivity contribution is 7.98. The molecule has 1 aliphatic rings. The lowest BCUT2D eigenvalue weighted by Crippen LogP contribution is -2.45. The molecule has 6 heteroatoms. The van der Waals surface area contributed by atoms with Crippen molar-refractivity contribution >= 4 is 21.8 Å². The van der Waals surface area contributed by atoms with Crippen LogP contribution in [-0.4, -0.2) is 33.8 Å². The van der Waals surface area contributed by atoms with E-state index in [2.05, 4.69) is 10.0 Å². The van der Waals surface area contributed by atoms with Crippen LogP contribution in [0.3, 0.4) is 0 Å². The molecule has 2 N–H and O–H groups in total. The fourth-order valence-electron chi connectivity index (χ4n) is 2.01. The van der Waals surface area contributed by atoms with E-state index in [0.29, 0.717) is 11.4 Å². The zero-order valence-electron chi connectivity index (χ0n) is 10.3. The van der Waals surface area contributed by atoms with Crippen molar-refractivity contribution in [2.45, 2.75) is 28.7 Å². The molecule has 1 aromatic rings. The van der Waals surface area contributed by atoms with Crippen LogP contribution in [-0.2, 0) is 10.0 Å². The van der Waals surface area contributed by atoms with Crippen molar-refractivity contribution in [2.75, 3.05) is 19.3 Å². The van der Waals surface area contributed by atoms with E-state index in [4.69, 9.17) is 0 Å². The minimum atomic E-state index is -3.40. The summed E-state index contributed by atoms with van der Waals surface area (Å²) >= 11 is 1.54. The van der Waals surface area contributed by atoms with Gasteiger partial charge in [-0.15, -0.1) is 11.8 Å². The van der Waals surface area contributed by atoms with E-state index in [1.165, 1.54) is 0 Å². The highest BCUT2D eigenvalue weighted by Crippen LogP contribution is 2.19. The van der Waals surface area contributed by atoms with Crippen molar-refractivity contribution in [3.63, 3.8) is 0 Å². The maximum Gasteiger partial charge on any atom is 0.240 e. The monoisotopic (exact) mass is 286 g/mol. The first-order chi connectivity index (χ1) is 8.62. The Bertz CT molecular complexity index is 497. The molecule has 0 amide bonds. The third-order valence-corrected chi connectivity index (χ3v) is 5.21. The summed E-state index contributed by atoms with van der Waals surface area (Å²) in [5, 5.41) is 3.20. The summed E-state index contributed by atoms with van der Waals surface area (Å²) in [7, 11) is -3.40. The smallest absolute Gasteiger partial charge is 0.240 e. The highest BCUT2D eigenvalue weighted by atomic mass is 32.2. The first-order valence-electron chi connectivity index (χ1n) is 5.99. The van der Waals surface area contributed by atoms with Crippen LogP contribution in [0.5, 0.6) is 0 Å². The molecule has 1 saturated heterocycles. The van der Waals surface area contributed by atoms with E-state index in [0.717, 1.165) is 24.3 Å². The number of piperidine rings is 1. The van der Waals surface area contributed by atoms with E-state index in [-0.39, 0.29) is 6.04 Å². The van der Waals surface area contributed by atoms with Gasteiger partial charge in [-0.25, -0.2) is 13.1 Å². The average molecular weight is 286 g/mol. The van der Waals surface area contributed by atoms with Crippen LogP contribution >= 0.6 is 11.8 Å². The standard InChI is InChI=1S/C12H18N2O2S2/c1-17-11-5-2-6-12(8-11)18(15,16)14-10-4-3-7-13-9-10/h2,5-6,8,10,13-14H,3-4,7,9H2,1H3/t10-/m1/s1. The maximum atomic E-state index is 12.2. The molecule has 0 spiro atoms.